The Balaban J connectivity index is 2.07. The maximum atomic E-state index is 3.71. The zero-order valence-electron chi connectivity index (χ0n) is 10.4. The summed E-state index contributed by atoms with van der Waals surface area (Å²) in [6.07, 6.45) is 4.07. The van der Waals surface area contributed by atoms with E-state index in [9.17, 15) is 0 Å². The second-order valence-electron chi connectivity index (χ2n) is 5.04. The molecule has 1 aliphatic carbocycles. The van der Waals surface area contributed by atoms with Gasteiger partial charge in [0.1, 0.15) is 0 Å². The van der Waals surface area contributed by atoms with Gasteiger partial charge in [0.25, 0.3) is 0 Å². The van der Waals surface area contributed by atoms with Crippen LogP contribution in [-0.2, 0) is 0 Å². The summed E-state index contributed by atoms with van der Waals surface area (Å²) in [5, 5.41) is 3.71. The third-order valence-electron chi connectivity index (χ3n) is 3.66. The first kappa shape index (κ1) is 11.7. The highest BCUT2D eigenvalue weighted by Crippen LogP contribution is 2.42. The number of hydrogen-bond donors (Lipinski definition) is 1. The molecular weight excluding hydrogens is 194 g/mol. The Morgan fingerprint density at radius 2 is 1.94 bits per heavy atom. The molecule has 1 fully saturated rings. The molecule has 2 atom stereocenters. The van der Waals surface area contributed by atoms with E-state index in [1.54, 1.807) is 0 Å². The molecule has 1 N–H and O–H groups in total. The van der Waals surface area contributed by atoms with Crippen molar-refractivity contribution in [2.24, 2.45) is 11.8 Å². The van der Waals surface area contributed by atoms with Crippen LogP contribution in [0.4, 0.5) is 0 Å². The highest BCUT2D eigenvalue weighted by molar-refractivity contribution is 5.20. The fraction of sp³-hybridized carbons (Fsp3) is 0.600. The van der Waals surface area contributed by atoms with Crippen molar-refractivity contribution in [1.29, 1.82) is 0 Å². The van der Waals surface area contributed by atoms with E-state index in [-0.39, 0.29) is 0 Å². The average Bonchev–Trinajstić information content (AvgIpc) is 3.14. The van der Waals surface area contributed by atoms with Gasteiger partial charge in [0.2, 0.25) is 0 Å². The summed E-state index contributed by atoms with van der Waals surface area (Å²) in [5.41, 5.74) is 1.45. The van der Waals surface area contributed by atoms with Gasteiger partial charge in [-0.15, -0.1) is 0 Å². The molecule has 0 bridgehead atoms. The van der Waals surface area contributed by atoms with Crippen molar-refractivity contribution in [3.8, 4) is 0 Å². The maximum Gasteiger partial charge on any atom is 0.0348 e. The van der Waals surface area contributed by atoms with E-state index in [2.05, 4.69) is 49.5 Å². The summed E-state index contributed by atoms with van der Waals surface area (Å²) in [6.45, 7) is 5.76. The van der Waals surface area contributed by atoms with E-state index in [1.165, 1.54) is 24.8 Å². The topological polar surface area (TPSA) is 12.0 Å². The van der Waals surface area contributed by atoms with Crippen LogP contribution in [0.25, 0.3) is 0 Å². The molecule has 0 aliphatic heterocycles. The van der Waals surface area contributed by atoms with Gasteiger partial charge in [0.05, 0.1) is 0 Å². The molecule has 0 heterocycles. The maximum absolute atomic E-state index is 3.71. The molecule has 0 aromatic heterocycles. The lowest BCUT2D eigenvalue weighted by Gasteiger charge is -2.25. The van der Waals surface area contributed by atoms with Gasteiger partial charge in [-0.05, 0) is 43.2 Å². The van der Waals surface area contributed by atoms with Gasteiger partial charge in [-0.1, -0.05) is 44.2 Å². The summed E-state index contributed by atoms with van der Waals surface area (Å²) in [5.74, 6) is 1.73. The molecule has 16 heavy (non-hydrogen) atoms. The van der Waals surface area contributed by atoms with Crippen molar-refractivity contribution in [3.63, 3.8) is 0 Å². The molecule has 2 rings (SSSR count). The zero-order valence-corrected chi connectivity index (χ0v) is 10.4. The van der Waals surface area contributed by atoms with Gasteiger partial charge in [-0.3, -0.25) is 0 Å². The lowest BCUT2D eigenvalue weighted by atomic mass is 9.90. The van der Waals surface area contributed by atoms with E-state index in [1.807, 2.05) is 0 Å². The SMILES string of the molecule is CCCNC(c1ccccc1)C(C)C1CC1. The van der Waals surface area contributed by atoms with E-state index < -0.39 is 0 Å². The van der Waals surface area contributed by atoms with Crippen molar-refractivity contribution in [2.45, 2.75) is 39.2 Å². The van der Waals surface area contributed by atoms with Crippen LogP contribution in [0.5, 0.6) is 0 Å². The smallest absolute Gasteiger partial charge is 0.0348 e. The second kappa shape index (κ2) is 5.49. The van der Waals surface area contributed by atoms with Crippen LogP contribution in [0.1, 0.15) is 44.7 Å². The molecule has 88 valence electrons. The lowest BCUT2D eigenvalue weighted by molar-refractivity contribution is 0.350. The van der Waals surface area contributed by atoms with Crippen LogP contribution in [0.15, 0.2) is 30.3 Å². The van der Waals surface area contributed by atoms with Crippen molar-refractivity contribution in [2.75, 3.05) is 6.54 Å². The van der Waals surface area contributed by atoms with Gasteiger partial charge in [-0.25, -0.2) is 0 Å². The Morgan fingerprint density at radius 3 is 2.50 bits per heavy atom. The molecule has 2 unspecified atom stereocenters. The van der Waals surface area contributed by atoms with Crippen LogP contribution in [0, 0.1) is 11.8 Å². The summed E-state index contributed by atoms with van der Waals surface area (Å²) in [7, 11) is 0. The van der Waals surface area contributed by atoms with Crippen LogP contribution in [0.2, 0.25) is 0 Å². The van der Waals surface area contributed by atoms with E-state index in [0.29, 0.717) is 6.04 Å². The minimum atomic E-state index is 0.550. The Bertz CT molecular complexity index is 302. The van der Waals surface area contributed by atoms with Crippen molar-refractivity contribution >= 4 is 0 Å². The molecule has 0 radical (unpaired) electrons. The van der Waals surface area contributed by atoms with E-state index >= 15 is 0 Å². The predicted octanol–water partition coefficient (Wildman–Crippen LogP) is 3.77. The van der Waals surface area contributed by atoms with E-state index in [0.717, 1.165) is 18.4 Å². The normalized spacial score (nSPS) is 19.4. The van der Waals surface area contributed by atoms with Gasteiger partial charge >= 0.3 is 0 Å². The monoisotopic (exact) mass is 217 g/mol. The van der Waals surface area contributed by atoms with Crippen molar-refractivity contribution in [3.05, 3.63) is 35.9 Å². The van der Waals surface area contributed by atoms with Gasteiger partial charge in [-0.2, -0.15) is 0 Å². The molecule has 1 nitrogen and oxygen atoms in total. The molecule has 1 aromatic rings. The number of benzene rings is 1. The molecule has 1 heteroatoms. The minimum absolute atomic E-state index is 0.550. The Kier molecular flexibility index (Phi) is 4.00. The molecule has 0 saturated heterocycles. The average molecular weight is 217 g/mol. The summed E-state index contributed by atoms with van der Waals surface area (Å²) in [6, 6.07) is 11.5. The fourth-order valence-corrected chi connectivity index (χ4v) is 2.46. The van der Waals surface area contributed by atoms with E-state index in [4.69, 9.17) is 0 Å². The summed E-state index contributed by atoms with van der Waals surface area (Å²) < 4.78 is 0. The number of rotatable bonds is 6. The zero-order chi connectivity index (χ0) is 11.4. The first-order chi connectivity index (χ1) is 7.83. The second-order valence-corrected chi connectivity index (χ2v) is 5.04. The van der Waals surface area contributed by atoms with Crippen LogP contribution >= 0.6 is 0 Å². The predicted molar refractivity (Wildman–Crippen MR) is 69.4 cm³/mol. The van der Waals surface area contributed by atoms with Crippen molar-refractivity contribution < 1.29 is 0 Å². The standard InChI is InChI=1S/C15H23N/c1-3-11-16-15(12(2)13-9-10-13)14-7-5-4-6-8-14/h4-8,12-13,15-16H,3,9-11H2,1-2H3. The molecule has 1 aliphatic rings. The fourth-order valence-electron chi connectivity index (χ4n) is 2.46. The first-order valence-electron chi connectivity index (χ1n) is 6.61. The first-order valence-corrected chi connectivity index (χ1v) is 6.61. The number of nitrogens with one attached hydrogen (secondary N) is 1. The highest BCUT2D eigenvalue weighted by atomic mass is 14.9. The molecular formula is C15H23N. The summed E-state index contributed by atoms with van der Waals surface area (Å²) >= 11 is 0. The lowest BCUT2D eigenvalue weighted by Crippen LogP contribution is -2.28. The summed E-state index contributed by atoms with van der Waals surface area (Å²) in [4.78, 5) is 0. The molecule has 0 spiro atoms. The molecule has 0 amide bonds. The minimum Gasteiger partial charge on any atom is -0.310 e. The third kappa shape index (κ3) is 2.85. The Labute approximate surface area is 99.3 Å². The third-order valence-corrected chi connectivity index (χ3v) is 3.66. The highest BCUT2D eigenvalue weighted by Gasteiger charge is 2.33. The molecule has 1 aromatic carbocycles. The molecule has 1 saturated carbocycles. The van der Waals surface area contributed by atoms with Crippen LogP contribution in [0.3, 0.4) is 0 Å². The number of hydrogen-bond acceptors (Lipinski definition) is 1. The van der Waals surface area contributed by atoms with Gasteiger partial charge in [0, 0.05) is 6.04 Å². The quantitative estimate of drug-likeness (QED) is 0.764. The van der Waals surface area contributed by atoms with Crippen LogP contribution in [-0.4, -0.2) is 6.54 Å². The van der Waals surface area contributed by atoms with Crippen LogP contribution < -0.4 is 5.32 Å². The Morgan fingerprint density at radius 1 is 1.25 bits per heavy atom. The Hall–Kier alpha value is -0.820. The largest absolute Gasteiger partial charge is 0.310 e. The van der Waals surface area contributed by atoms with Gasteiger partial charge in [0.15, 0.2) is 0 Å². The van der Waals surface area contributed by atoms with Crippen molar-refractivity contribution in [1.82, 2.24) is 5.32 Å². The van der Waals surface area contributed by atoms with Gasteiger partial charge < -0.3 is 5.32 Å².